The van der Waals surface area contributed by atoms with Crippen LogP contribution < -0.4 is 5.32 Å². The van der Waals surface area contributed by atoms with Gasteiger partial charge in [0.15, 0.2) is 5.13 Å². The number of amides is 1. The van der Waals surface area contributed by atoms with Crippen molar-refractivity contribution < 1.29 is 4.79 Å². The van der Waals surface area contributed by atoms with Gasteiger partial charge in [-0.2, -0.15) is 0 Å². The summed E-state index contributed by atoms with van der Waals surface area (Å²) in [5.74, 6) is -0.180. The van der Waals surface area contributed by atoms with Crippen LogP contribution in [0.1, 0.15) is 5.56 Å². The first-order chi connectivity index (χ1) is 10.8. The summed E-state index contributed by atoms with van der Waals surface area (Å²) in [5, 5.41) is 5.15. The molecule has 0 saturated heterocycles. The van der Waals surface area contributed by atoms with E-state index in [1.54, 1.807) is 12.3 Å². The molecule has 3 nitrogen and oxygen atoms in total. The predicted octanol–water partition coefficient (Wildman–Crippen LogP) is 4.46. The molecule has 2 aromatic carbocycles. The number of anilines is 1. The van der Waals surface area contributed by atoms with E-state index in [1.807, 2.05) is 35.7 Å². The quantitative estimate of drug-likeness (QED) is 0.723. The van der Waals surface area contributed by atoms with E-state index in [2.05, 4.69) is 34.6 Å². The van der Waals surface area contributed by atoms with Gasteiger partial charge < -0.3 is 0 Å². The van der Waals surface area contributed by atoms with Crippen molar-refractivity contribution in [1.29, 1.82) is 0 Å². The lowest BCUT2D eigenvalue weighted by Gasteiger charge is -2.02. The Morgan fingerprint density at radius 3 is 2.64 bits per heavy atom. The lowest BCUT2D eigenvalue weighted by molar-refractivity contribution is -0.111. The molecular weight excluding hydrogens is 292 g/mol. The second-order valence-corrected chi connectivity index (χ2v) is 5.55. The topological polar surface area (TPSA) is 42.0 Å². The number of carbonyl (C=O) groups excluding carboxylic acids is 1. The largest absolute Gasteiger partial charge is 0.298 e. The minimum absolute atomic E-state index is 0.180. The number of rotatable bonds is 4. The van der Waals surface area contributed by atoms with Crippen molar-refractivity contribution in [3.05, 3.63) is 77.8 Å². The molecule has 0 radical (unpaired) electrons. The highest BCUT2D eigenvalue weighted by atomic mass is 32.1. The fourth-order valence-corrected chi connectivity index (χ4v) is 2.59. The van der Waals surface area contributed by atoms with Gasteiger partial charge in [0.25, 0.3) is 0 Å². The van der Waals surface area contributed by atoms with Gasteiger partial charge in [0.1, 0.15) is 0 Å². The molecule has 1 amide bonds. The molecule has 0 fully saturated rings. The zero-order valence-corrected chi connectivity index (χ0v) is 12.6. The summed E-state index contributed by atoms with van der Waals surface area (Å²) < 4.78 is 0. The molecule has 0 atom stereocenters. The molecule has 0 unspecified atom stereocenters. The van der Waals surface area contributed by atoms with Gasteiger partial charge in [0, 0.05) is 17.7 Å². The Morgan fingerprint density at radius 2 is 1.86 bits per heavy atom. The first-order valence-corrected chi connectivity index (χ1v) is 7.73. The molecule has 0 spiro atoms. The minimum atomic E-state index is -0.180. The summed E-state index contributed by atoms with van der Waals surface area (Å²) in [6.45, 7) is 0. The Hall–Kier alpha value is -2.72. The van der Waals surface area contributed by atoms with E-state index < -0.39 is 0 Å². The average Bonchev–Trinajstić information content (AvgIpc) is 3.07. The first kappa shape index (κ1) is 14.2. The summed E-state index contributed by atoms with van der Waals surface area (Å²) in [5.41, 5.74) is 3.27. The maximum Gasteiger partial charge on any atom is 0.250 e. The number of benzene rings is 2. The molecule has 22 heavy (non-hydrogen) atoms. The molecule has 1 heterocycles. The molecule has 0 saturated carbocycles. The fraction of sp³-hybridized carbons (Fsp3) is 0. The van der Waals surface area contributed by atoms with Crippen LogP contribution in [0, 0.1) is 0 Å². The number of thiazole rings is 1. The predicted molar refractivity (Wildman–Crippen MR) is 91.7 cm³/mol. The van der Waals surface area contributed by atoms with Gasteiger partial charge in [0.05, 0.1) is 0 Å². The summed E-state index contributed by atoms with van der Waals surface area (Å²) in [6.07, 6.45) is 4.98. The van der Waals surface area contributed by atoms with Gasteiger partial charge in [-0.05, 0) is 28.8 Å². The van der Waals surface area contributed by atoms with Gasteiger partial charge in [0.2, 0.25) is 5.91 Å². The highest BCUT2D eigenvalue weighted by Gasteiger charge is 2.00. The summed E-state index contributed by atoms with van der Waals surface area (Å²) in [6, 6.07) is 18.2. The molecule has 0 aliphatic carbocycles. The highest BCUT2D eigenvalue weighted by molar-refractivity contribution is 7.13. The van der Waals surface area contributed by atoms with Crippen LogP contribution in [0.25, 0.3) is 17.2 Å². The minimum Gasteiger partial charge on any atom is -0.298 e. The van der Waals surface area contributed by atoms with E-state index in [-0.39, 0.29) is 5.91 Å². The number of nitrogens with one attached hydrogen (secondary N) is 1. The third kappa shape index (κ3) is 3.68. The molecule has 0 aliphatic heterocycles. The lowest BCUT2D eigenvalue weighted by atomic mass is 10.0. The van der Waals surface area contributed by atoms with Crippen LogP contribution >= 0.6 is 11.3 Å². The monoisotopic (exact) mass is 306 g/mol. The Kier molecular flexibility index (Phi) is 4.41. The first-order valence-electron chi connectivity index (χ1n) is 6.85. The second-order valence-electron chi connectivity index (χ2n) is 4.65. The van der Waals surface area contributed by atoms with Gasteiger partial charge in [-0.3, -0.25) is 10.1 Å². The van der Waals surface area contributed by atoms with Crippen LogP contribution in [0.2, 0.25) is 0 Å². The number of nitrogens with zero attached hydrogens (tertiary/aromatic N) is 1. The standard InChI is InChI=1S/C18H14N2OS/c21-17(20-18-19-11-12-22-18)10-9-14-5-4-8-16(13-14)15-6-2-1-3-7-15/h1-13H,(H,19,20,21)/b10-9+. The smallest absolute Gasteiger partial charge is 0.250 e. The number of carbonyl (C=O) groups is 1. The number of hydrogen-bond donors (Lipinski definition) is 1. The van der Waals surface area contributed by atoms with Gasteiger partial charge in [-0.1, -0.05) is 48.5 Å². The zero-order valence-electron chi connectivity index (χ0n) is 11.8. The normalized spacial score (nSPS) is 10.7. The van der Waals surface area contributed by atoms with Crippen molar-refractivity contribution in [3.63, 3.8) is 0 Å². The molecule has 0 bridgehead atoms. The summed E-state index contributed by atoms with van der Waals surface area (Å²) in [7, 11) is 0. The van der Waals surface area contributed by atoms with Crippen molar-refractivity contribution in [1.82, 2.24) is 4.98 Å². The van der Waals surface area contributed by atoms with Crippen molar-refractivity contribution in [2.75, 3.05) is 5.32 Å². The van der Waals surface area contributed by atoms with Crippen molar-refractivity contribution >= 4 is 28.5 Å². The molecule has 4 heteroatoms. The van der Waals surface area contributed by atoms with E-state index in [4.69, 9.17) is 0 Å². The fourth-order valence-electron chi connectivity index (χ4n) is 2.06. The lowest BCUT2D eigenvalue weighted by Crippen LogP contribution is -2.06. The van der Waals surface area contributed by atoms with Gasteiger partial charge in [-0.15, -0.1) is 11.3 Å². The molecule has 0 aliphatic rings. The van der Waals surface area contributed by atoms with E-state index >= 15 is 0 Å². The zero-order chi connectivity index (χ0) is 15.2. The van der Waals surface area contributed by atoms with Crippen LogP contribution in [0.15, 0.2) is 72.3 Å². The summed E-state index contributed by atoms with van der Waals surface area (Å²) >= 11 is 1.40. The maximum atomic E-state index is 11.8. The molecule has 3 rings (SSSR count). The SMILES string of the molecule is O=C(/C=C/c1cccc(-c2ccccc2)c1)Nc1nccs1. The van der Waals surface area contributed by atoms with Crippen molar-refractivity contribution in [2.24, 2.45) is 0 Å². The van der Waals surface area contributed by atoms with Crippen LogP contribution in [0.4, 0.5) is 5.13 Å². The van der Waals surface area contributed by atoms with Crippen molar-refractivity contribution in [2.45, 2.75) is 0 Å². The molecule has 3 aromatic rings. The number of aromatic nitrogens is 1. The van der Waals surface area contributed by atoms with Crippen molar-refractivity contribution in [3.8, 4) is 11.1 Å². The van der Waals surface area contributed by atoms with E-state index in [1.165, 1.54) is 17.4 Å². The number of hydrogen-bond acceptors (Lipinski definition) is 3. The van der Waals surface area contributed by atoms with Crippen LogP contribution in [-0.4, -0.2) is 10.9 Å². The maximum absolute atomic E-state index is 11.8. The highest BCUT2D eigenvalue weighted by Crippen LogP contribution is 2.20. The Morgan fingerprint density at radius 1 is 1.05 bits per heavy atom. The van der Waals surface area contributed by atoms with Crippen LogP contribution in [0.3, 0.4) is 0 Å². The third-order valence-electron chi connectivity index (χ3n) is 3.08. The molecule has 1 aromatic heterocycles. The molecule has 1 N–H and O–H groups in total. The molecular formula is C18H14N2OS. The Labute approximate surface area is 133 Å². The van der Waals surface area contributed by atoms with Crippen LogP contribution in [0.5, 0.6) is 0 Å². The van der Waals surface area contributed by atoms with Crippen LogP contribution in [-0.2, 0) is 4.79 Å². The molecule has 108 valence electrons. The average molecular weight is 306 g/mol. The third-order valence-corrected chi connectivity index (χ3v) is 3.77. The van der Waals surface area contributed by atoms with E-state index in [0.717, 1.165) is 16.7 Å². The summed E-state index contributed by atoms with van der Waals surface area (Å²) in [4.78, 5) is 15.8. The second kappa shape index (κ2) is 6.83. The van der Waals surface area contributed by atoms with Gasteiger partial charge in [-0.25, -0.2) is 4.98 Å². The Balaban J connectivity index is 1.73. The van der Waals surface area contributed by atoms with E-state index in [9.17, 15) is 4.79 Å². The Bertz CT molecular complexity index is 780. The van der Waals surface area contributed by atoms with E-state index in [0.29, 0.717) is 5.13 Å². The van der Waals surface area contributed by atoms with Gasteiger partial charge >= 0.3 is 0 Å².